The molecule has 18 heavy (non-hydrogen) atoms. The quantitative estimate of drug-likeness (QED) is 0.501. The average molecular weight is 287 g/mol. The molecule has 0 N–H and O–H groups in total. The van der Waals surface area contributed by atoms with Crippen molar-refractivity contribution in [1.82, 2.24) is 0 Å². The number of nitrogens with zero attached hydrogens (tertiary/aromatic N) is 2. The van der Waals surface area contributed by atoms with Gasteiger partial charge in [-0.25, -0.2) is 8.78 Å². The zero-order valence-corrected chi connectivity index (χ0v) is 10.4. The van der Waals surface area contributed by atoms with Crippen LogP contribution >= 0.6 is 23.2 Å². The Morgan fingerprint density at radius 2 is 1.39 bits per heavy atom. The van der Waals surface area contributed by atoms with Crippen LogP contribution in [0.15, 0.2) is 46.6 Å². The topological polar surface area (TPSA) is 24.7 Å². The van der Waals surface area contributed by atoms with Crippen LogP contribution in [0.4, 0.5) is 20.2 Å². The van der Waals surface area contributed by atoms with Gasteiger partial charge in [0.15, 0.2) is 17.3 Å². The van der Waals surface area contributed by atoms with E-state index in [0.29, 0.717) is 5.69 Å². The summed E-state index contributed by atoms with van der Waals surface area (Å²) in [4.78, 5) is 0. The van der Waals surface area contributed by atoms with Gasteiger partial charge in [-0.3, -0.25) is 0 Å². The zero-order valence-electron chi connectivity index (χ0n) is 8.87. The zero-order chi connectivity index (χ0) is 13.1. The summed E-state index contributed by atoms with van der Waals surface area (Å²) in [6.07, 6.45) is 0. The molecule has 0 aliphatic rings. The van der Waals surface area contributed by atoms with Crippen LogP contribution in [0.1, 0.15) is 0 Å². The Hall–Kier alpha value is -1.52. The minimum Gasteiger partial charge on any atom is -0.203 e. The number of hydrogen-bond acceptors (Lipinski definition) is 2. The van der Waals surface area contributed by atoms with Crippen molar-refractivity contribution in [1.29, 1.82) is 0 Å². The van der Waals surface area contributed by atoms with Crippen LogP contribution < -0.4 is 0 Å². The van der Waals surface area contributed by atoms with Crippen LogP contribution in [0.2, 0.25) is 10.0 Å². The van der Waals surface area contributed by atoms with E-state index >= 15 is 0 Å². The molecule has 0 heterocycles. The monoisotopic (exact) mass is 286 g/mol. The van der Waals surface area contributed by atoms with E-state index in [1.54, 1.807) is 30.3 Å². The maximum atomic E-state index is 13.6. The fraction of sp³-hybridized carbons (Fsp3) is 0. The minimum absolute atomic E-state index is 0.302. The highest BCUT2D eigenvalue weighted by atomic mass is 35.5. The van der Waals surface area contributed by atoms with Gasteiger partial charge >= 0.3 is 0 Å². The van der Waals surface area contributed by atoms with E-state index in [1.165, 1.54) is 0 Å². The first-order valence-corrected chi connectivity index (χ1v) is 5.65. The lowest BCUT2D eigenvalue weighted by Gasteiger charge is -2.02. The standard InChI is InChI=1S/C12H6Cl2F2N2/c13-8-6-9(14)11(16)12(10(8)15)18-17-7-4-2-1-3-5-7/h1-6H. The number of rotatable bonds is 2. The molecule has 0 saturated heterocycles. The molecular formula is C12H6Cl2F2N2. The van der Waals surface area contributed by atoms with Crippen molar-refractivity contribution in [2.24, 2.45) is 10.2 Å². The van der Waals surface area contributed by atoms with Crippen LogP contribution in [0, 0.1) is 11.6 Å². The molecule has 0 atom stereocenters. The van der Waals surface area contributed by atoms with Crippen molar-refractivity contribution < 1.29 is 8.78 Å². The molecule has 2 aromatic rings. The van der Waals surface area contributed by atoms with Crippen molar-refractivity contribution in [3.8, 4) is 0 Å². The lowest BCUT2D eigenvalue weighted by molar-refractivity contribution is 0.585. The molecule has 2 rings (SSSR count). The highest BCUT2D eigenvalue weighted by molar-refractivity contribution is 6.35. The third kappa shape index (κ3) is 2.66. The summed E-state index contributed by atoms with van der Waals surface area (Å²) in [7, 11) is 0. The molecule has 0 aliphatic carbocycles. The fourth-order valence-corrected chi connectivity index (χ4v) is 1.70. The molecule has 2 aromatic carbocycles. The predicted molar refractivity (Wildman–Crippen MR) is 67.0 cm³/mol. The normalized spacial score (nSPS) is 11.1. The molecule has 2 nitrogen and oxygen atoms in total. The summed E-state index contributed by atoms with van der Waals surface area (Å²) in [5, 5.41) is 6.61. The van der Waals surface area contributed by atoms with Gasteiger partial charge in [0.2, 0.25) is 0 Å². The molecule has 0 spiro atoms. The van der Waals surface area contributed by atoms with Gasteiger partial charge in [-0.15, -0.1) is 5.11 Å². The third-order valence-corrected chi connectivity index (χ3v) is 2.66. The maximum Gasteiger partial charge on any atom is 0.172 e. The van der Waals surface area contributed by atoms with Crippen LogP contribution in [0.3, 0.4) is 0 Å². The molecule has 0 fully saturated rings. The summed E-state index contributed by atoms with van der Waals surface area (Å²) >= 11 is 11.1. The number of halogens is 4. The minimum atomic E-state index is -0.988. The highest BCUT2D eigenvalue weighted by Crippen LogP contribution is 2.34. The maximum absolute atomic E-state index is 13.6. The molecule has 0 unspecified atom stereocenters. The number of azo groups is 1. The highest BCUT2D eigenvalue weighted by Gasteiger charge is 2.16. The third-order valence-electron chi connectivity index (χ3n) is 2.11. The Labute approximate surface area is 112 Å². The Bertz CT molecular complexity index is 575. The molecule has 0 aromatic heterocycles. The molecule has 0 saturated carbocycles. The van der Waals surface area contributed by atoms with Gasteiger partial charge in [0.05, 0.1) is 15.7 Å². The molecular weight excluding hydrogens is 281 g/mol. The van der Waals surface area contributed by atoms with Crippen molar-refractivity contribution in [3.05, 3.63) is 58.1 Å². The van der Waals surface area contributed by atoms with E-state index in [2.05, 4.69) is 10.2 Å². The molecule has 0 aliphatic heterocycles. The predicted octanol–water partition coefficient (Wildman–Crippen LogP) is 5.69. The molecule has 0 radical (unpaired) electrons. The van der Waals surface area contributed by atoms with Gasteiger partial charge in [-0.1, -0.05) is 41.4 Å². The van der Waals surface area contributed by atoms with Gasteiger partial charge in [-0.05, 0) is 18.2 Å². The van der Waals surface area contributed by atoms with Gasteiger partial charge in [0.1, 0.15) is 0 Å². The average Bonchev–Trinajstić information content (AvgIpc) is 2.38. The fourth-order valence-electron chi connectivity index (χ4n) is 1.25. The molecule has 0 bridgehead atoms. The lowest BCUT2D eigenvalue weighted by atomic mass is 10.3. The van der Waals surface area contributed by atoms with Gasteiger partial charge in [0, 0.05) is 0 Å². The summed E-state index contributed by atoms with van der Waals surface area (Å²) in [6, 6.07) is 9.51. The van der Waals surface area contributed by atoms with Crippen molar-refractivity contribution >= 4 is 34.6 Å². The van der Waals surface area contributed by atoms with Crippen molar-refractivity contribution in [2.45, 2.75) is 0 Å². The van der Waals surface area contributed by atoms with E-state index < -0.39 is 17.3 Å². The van der Waals surface area contributed by atoms with Crippen molar-refractivity contribution in [3.63, 3.8) is 0 Å². The second kappa shape index (κ2) is 5.42. The second-order valence-electron chi connectivity index (χ2n) is 3.35. The summed E-state index contributed by atoms with van der Waals surface area (Å²) in [6.45, 7) is 0. The lowest BCUT2D eigenvalue weighted by Crippen LogP contribution is -1.85. The SMILES string of the molecule is Fc1c(Cl)cc(Cl)c(F)c1N=Nc1ccccc1. The molecule has 92 valence electrons. The van der Waals surface area contributed by atoms with E-state index in [0.717, 1.165) is 6.07 Å². The smallest absolute Gasteiger partial charge is 0.172 e. The van der Waals surface area contributed by atoms with Crippen LogP contribution in [-0.2, 0) is 0 Å². The van der Waals surface area contributed by atoms with Gasteiger partial charge in [0.25, 0.3) is 0 Å². The van der Waals surface area contributed by atoms with Gasteiger partial charge < -0.3 is 0 Å². The van der Waals surface area contributed by atoms with E-state index in [4.69, 9.17) is 23.2 Å². The van der Waals surface area contributed by atoms with Crippen LogP contribution in [0.5, 0.6) is 0 Å². The Balaban J connectivity index is 2.44. The molecule has 6 heteroatoms. The first kappa shape index (κ1) is 12.9. The Kier molecular flexibility index (Phi) is 3.89. The Morgan fingerprint density at radius 3 is 1.94 bits per heavy atom. The second-order valence-corrected chi connectivity index (χ2v) is 4.17. The molecule has 0 amide bonds. The number of benzene rings is 2. The number of hydrogen-bond donors (Lipinski definition) is 0. The van der Waals surface area contributed by atoms with E-state index in [-0.39, 0.29) is 10.0 Å². The summed E-state index contributed by atoms with van der Waals surface area (Å²) < 4.78 is 27.1. The summed E-state index contributed by atoms with van der Waals surface area (Å²) in [5.41, 5.74) is -0.135. The summed E-state index contributed by atoms with van der Waals surface area (Å²) in [5.74, 6) is -1.98. The first-order valence-electron chi connectivity index (χ1n) is 4.89. The van der Waals surface area contributed by atoms with Crippen molar-refractivity contribution in [2.75, 3.05) is 0 Å². The van der Waals surface area contributed by atoms with E-state index in [1.807, 2.05) is 0 Å². The Morgan fingerprint density at radius 1 is 0.833 bits per heavy atom. The van der Waals surface area contributed by atoms with Gasteiger partial charge in [-0.2, -0.15) is 5.11 Å². The van der Waals surface area contributed by atoms with Crippen LogP contribution in [-0.4, -0.2) is 0 Å². The largest absolute Gasteiger partial charge is 0.203 e. The first-order chi connectivity index (χ1) is 8.59. The van der Waals surface area contributed by atoms with E-state index in [9.17, 15) is 8.78 Å². The van der Waals surface area contributed by atoms with Crippen LogP contribution in [0.25, 0.3) is 0 Å².